The summed E-state index contributed by atoms with van der Waals surface area (Å²) in [6.45, 7) is 5.03. The van der Waals surface area contributed by atoms with E-state index < -0.39 is 0 Å². The van der Waals surface area contributed by atoms with Crippen molar-refractivity contribution in [2.45, 2.75) is 26.2 Å². The average molecular weight is 344 g/mol. The molecule has 1 aliphatic rings. The molecule has 0 saturated carbocycles. The number of anilines is 1. The number of hydrogen-bond acceptors (Lipinski definition) is 6. The molecule has 25 heavy (non-hydrogen) atoms. The van der Waals surface area contributed by atoms with Gasteiger partial charge in [0, 0.05) is 24.5 Å². The molecule has 1 aliphatic heterocycles. The zero-order valence-electron chi connectivity index (χ0n) is 15.4. The molecule has 136 valence electrons. The van der Waals surface area contributed by atoms with Gasteiger partial charge < -0.3 is 20.1 Å². The number of hydrogen-bond donors (Lipinski definition) is 1. The van der Waals surface area contributed by atoms with Crippen molar-refractivity contribution in [3.63, 3.8) is 0 Å². The lowest BCUT2D eigenvalue weighted by atomic mass is 9.83. The van der Waals surface area contributed by atoms with E-state index in [9.17, 15) is 0 Å². The normalized spacial score (nSPS) is 16.9. The second-order valence-electron chi connectivity index (χ2n) is 6.65. The summed E-state index contributed by atoms with van der Waals surface area (Å²) in [5, 5.41) is 1.00. The minimum atomic E-state index is 0.633. The van der Waals surface area contributed by atoms with Gasteiger partial charge in [0.1, 0.15) is 12.1 Å². The average Bonchev–Trinajstić information content (AvgIpc) is 2.68. The van der Waals surface area contributed by atoms with Crippen molar-refractivity contribution in [1.29, 1.82) is 0 Å². The van der Waals surface area contributed by atoms with Crippen molar-refractivity contribution < 1.29 is 9.47 Å². The van der Waals surface area contributed by atoms with E-state index >= 15 is 0 Å². The molecule has 6 heteroatoms. The molecule has 1 aromatic carbocycles. The van der Waals surface area contributed by atoms with Gasteiger partial charge >= 0.3 is 0 Å². The van der Waals surface area contributed by atoms with Crippen LogP contribution in [0.3, 0.4) is 0 Å². The van der Waals surface area contributed by atoms with Gasteiger partial charge in [-0.2, -0.15) is 0 Å². The predicted molar refractivity (Wildman–Crippen MR) is 100 cm³/mol. The van der Waals surface area contributed by atoms with Gasteiger partial charge in [0.15, 0.2) is 11.5 Å². The first-order valence-corrected chi connectivity index (χ1v) is 9.03. The highest BCUT2D eigenvalue weighted by atomic mass is 16.5. The second-order valence-corrected chi connectivity index (χ2v) is 6.65. The van der Waals surface area contributed by atoms with Crippen LogP contribution in [0.5, 0.6) is 11.5 Å². The number of rotatable bonds is 6. The Hall–Kier alpha value is -2.08. The second kappa shape index (κ2) is 7.87. The van der Waals surface area contributed by atoms with Gasteiger partial charge in [0.25, 0.3) is 0 Å². The Morgan fingerprint density at radius 3 is 2.44 bits per heavy atom. The van der Waals surface area contributed by atoms with E-state index in [4.69, 9.17) is 15.2 Å². The number of methoxy groups -OCH3 is 2. The third kappa shape index (κ3) is 3.49. The summed E-state index contributed by atoms with van der Waals surface area (Å²) in [7, 11) is 3.29. The smallest absolute Gasteiger partial charge is 0.162 e. The molecule has 0 amide bonds. The van der Waals surface area contributed by atoms with Gasteiger partial charge in [-0.1, -0.05) is 13.3 Å². The molecule has 1 fully saturated rings. The Morgan fingerprint density at radius 2 is 1.84 bits per heavy atom. The van der Waals surface area contributed by atoms with Crippen LogP contribution in [0.15, 0.2) is 18.5 Å². The lowest BCUT2D eigenvalue weighted by Crippen LogP contribution is -2.38. The third-order valence-electron chi connectivity index (χ3n) is 5.45. The molecule has 3 rings (SSSR count). The molecule has 2 aromatic rings. The van der Waals surface area contributed by atoms with Gasteiger partial charge in [-0.05, 0) is 37.3 Å². The maximum atomic E-state index is 5.93. The van der Waals surface area contributed by atoms with Gasteiger partial charge in [-0.15, -0.1) is 0 Å². The lowest BCUT2D eigenvalue weighted by molar-refractivity contribution is 0.273. The minimum absolute atomic E-state index is 0.633. The summed E-state index contributed by atoms with van der Waals surface area (Å²) < 4.78 is 10.8. The summed E-state index contributed by atoms with van der Waals surface area (Å²) in [4.78, 5) is 11.3. The first-order chi connectivity index (χ1) is 12.2. The molecule has 2 heterocycles. The van der Waals surface area contributed by atoms with Crippen molar-refractivity contribution in [1.82, 2.24) is 9.97 Å². The molecule has 1 unspecified atom stereocenters. The topological polar surface area (TPSA) is 73.5 Å². The largest absolute Gasteiger partial charge is 0.493 e. The summed E-state index contributed by atoms with van der Waals surface area (Å²) in [6.07, 6.45) is 5.11. The van der Waals surface area contributed by atoms with E-state index in [0.717, 1.165) is 55.6 Å². The minimum Gasteiger partial charge on any atom is -0.493 e. The fourth-order valence-electron chi connectivity index (χ4n) is 3.90. The maximum Gasteiger partial charge on any atom is 0.162 e. The number of piperidine rings is 1. The number of benzene rings is 1. The Labute approximate surface area is 149 Å². The van der Waals surface area contributed by atoms with Crippen molar-refractivity contribution in [2.24, 2.45) is 17.6 Å². The van der Waals surface area contributed by atoms with Crippen LogP contribution >= 0.6 is 0 Å². The number of aromatic nitrogens is 2. The molecule has 0 bridgehead atoms. The number of nitrogens with zero attached hydrogens (tertiary/aromatic N) is 3. The van der Waals surface area contributed by atoms with Crippen LogP contribution in [0.2, 0.25) is 0 Å². The highest BCUT2D eigenvalue weighted by Gasteiger charge is 2.26. The highest BCUT2D eigenvalue weighted by Crippen LogP contribution is 2.36. The fraction of sp³-hybridized carbons (Fsp3) is 0.579. The van der Waals surface area contributed by atoms with Gasteiger partial charge in [0.05, 0.1) is 19.7 Å². The first kappa shape index (κ1) is 17.7. The summed E-state index contributed by atoms with van der Waals surface area (Å²) in [5.74, 6) is 3.72. The summed E-state index contributed by atoms with van der Waals surface area (Å²) in [6, 6.07) is 3.89. The fourth-order valence-corrected chi connectivity index (χ4v) is 3.90. The zero-order valence-corrected chi connectivity index (χ0v) is 15.4. The van der Waals surface area contributed by atoms with E-state index in [-0.39, 0.29) is 0 Å². The molecular weight excluding hydrogens is 316 g/mol. The van der Waals surface area contributed by atoms with Gasteiger partial charge in [0.2, 0.25) is 0 Å². The predicted octanol–water partition coefficient (Wildman–Crippen LogP) is 2.85. The van der Waals surface area contributed by atoms with Gasteiger partial charge in [-0.3, -0.25) is 0 Å². The van der Waals surface area contributed by atoms with Crippen LogP contribution in [0.4, 0.5) is 5.82 Å². The molecule has 1 aromatic heterocycles. The van der Waals surface area contributed by atoms with Crippen LogP contribution in [0.25, 0.3) is 10.9 Å². The lowest BCUT2D eigenvalue weighted by Gasteiger charge is -2.36. The van der Waals surface area contributed by atoms with Crippen molar-refractivity contribution in [3.05, 3.63) is 18.5 Å². The Morgan fingerprint density at radius 1 is 1.16 bits per heavy atom. The molecule has 1 saturated heterocycles. The molecule has 0 aliphatic carbocycles. The number of nitrogens with two attached hydrogens (primary N) is 1. The SMILES string of the molecule is CCC(CN)C1CCN(c2ncnc3cc(OC)c(OC)cc23)CC1. The summed E-state index contributed by atoms with van der Waals surface area (Å²) >= 11 is 0. The van der Waals surface area contributed by atoms with Crippen LogP contribution in [0.1, 0.15) is 26.2 Å². The standard InChI is InChI=1S/C19H28N4O2/c1-4-13(11-20)14-5-7-23(8-6-14)19-15-9-17(24-2)18(25-3)10-16(15)21-12-22-19/h9-10,12-14H,4-8,11,20H2,1-3H3. The number of ether oxygens (including phenoxy) is 2. The monoisotopic (exact) mass is 344 g/mol. The van der Waals surface area contributed by atoms with E-state index in [1.165, 1.54) is 0 Å². The molecule has 1 atom stereocenters. The van der Waals surface area contributed by atoms with Crippen LogP contribution in [-0.2, 0) is 0 Å². The Balaban J connectivity index is 1.87. The molecule has 0 radical (unpaired) electrons. The number of fused-ring (bicyclic) bond motifs is 1. The zero-order chi connectivity index (χ0) is 17.8. The van der Waals surface area contributed by atoms with Crippen molar-refractivity contribution >= 4 is 16.7 Å². The van der Waals surface area contributed by atoms with E-state index in [1.54, 1.807) is 20.5 Å². The molecule has 0 spiro atoms. The van der Waals surface area contributed by atoms with Crippen molar-refractivity contribution in [2.75, 3.05) is 38.8 Å². The molecular formula is C19H28N4O2. The van der Waals surface area contributed by atoms with Crippen LogP contribution < -0.4 is 20.1 Å². The van der Waals surface area contributed by atoms with Crippen LogP contribution in [-0.4, -0.2) is 43.8 Å². The van der Waals surface area contributed by atoms with E-state index in [2.05, 4.69) is 21.8 Å². The van der Waals surface area contributed by atoms with Crippen LogP contribution in [0, 0.1) is 11.8 Å². The Kier molecular flexibility index (Phi) is 5.58. The first-order valence-electron chi connectivity index (χ1n) is 9.03. The summed E-state index contributed by atoms with van der Waals surface area (Å²) in [5.41, 5.74) is 6.81. The van der Waals surface area contributed by atoms with Crippen molar-refractivity contribution in [3.8, 4) is 11.5 Å². The molecule has 6 nitrogen and oxygen atoms in total. The van der Waals surface area contributed by atoms with Gasteiger partial charge in [-0.25, -0.2) is 9.97 Å². The van der Waals surface area contributed by atoms with E-state index in [0.29, 0.717) is 23.3 Å². The maximum absolute atomic E-state index is 5.93. The quantitative estimate of drug-likeness (QED) is 0.869. The third-order valence-corrected chi connectivity index (χ3v) is 5.45. The highest BCUT2D eigenvalue weighted by molar-refractivity contribution is 5.92. The van der Waals surface area contributed by atoms with E-state index in [1.807, 2.05) is 12.1 Å². The Bertz CT molecular complexity index is 710. The molecule has 2 N–H and O–H groups in total.